The summed E-state index contributed by atoms with van der Waals surface area (Å²) in [5.74, 6) is 0.296. The van der Waals surface area contributed by atoms with Crippen LogP contribution in [0.15, 0.2) is 6.07 Å². The van der Waals surface area contributed by atoms with Crippen LogP contribution >= 0.6 is 0 Å². The van der Waals surface area contributed by atoms with Crippen LogP contribution in [-0.4, -0.2) is 24.6 Å². The Bertz CT molecular complexity index is 506. The molecule has 0 aromatic carbocycles. The van der Waals surface area contributed by atoms with Gasteiger partial charge < -0.3 is 10.1 Å². The second kappa shape index (κ2) is 5.50. The van der Waals surface area contributed by atoms with Gasteiger partial charge in [0.2, 0.25) is 0 Å². The van der Waals surface area contributed by atoms with Gasteiger partial charge in [-0.1, -0.05) is 0 Å². The molecule has 0 radical (unpaired) electrons. The number of carbonyl (C=O) groups excluding carboxylic acids is 1. The summed E-state index contributed by atoms with van der Waals surface area (Å²) in [6.07, 6.45) is 3.32. The molecule has 1 aromatic heterocycles. The van der Waals surface area contributed by atoms with Crippen molar-refractivity contribution >= 4 is 11.8 Å². The zero-order valence-corrected chi connectivity index (χ0v) is 10.3. The molecule has 0 amide bonds. The minimum absolute atomic E-state index is 0.264. The molecule has 0 unspecified atom stereocenters. The van der Waals surface area contributed by atoms with Gasteiger partial charge in [0, 0.05) is 12.2 Å². The monoisotopic (exact) mass is 245 g/mol. The Labute approximate surface area is 106 Å². The maximum atomic E-state index is 11.0. The van der Waals surface area contributed by atoms with Crippen molar-refractivity contribution in [1.29, 1.82) is 5.26 Å². The van der Waals surface area contributed by atoms with E-state index in [2.05, 4.69) is 21.1 Å². The van der Waals surface area contributed by atoms with E-state index in [1.165, 1.54) is 12.7 Å². The number of ether oxygens (including phenoxy) is 1. The molecule has 18 heavy (non-hydrogen) atoms. The van der Waals surface area contributed by atoms with E-state index < -0.39 is 0 Å². The SMILES string of the molecule is COC(=O)CCNc1nc2c(cc1C#N)CCC2. The van der Waals surface area contributed by atoms with Crippen molar-refractivity contribution in [3.05, 3.63) is 22.9 Å². The lowest BCUT2D eigenvalue weighted by molar-refractivity contribution is -0.140. The number of nitrogens with zero attached hydrogens (tertiary/aromatic N) is 2. The molecule has 0 saturated heterocycles. The highest BCUT2D eigenvalue weighted by atomic mass is 16.5. The fraction of sp³-hybridized carbons (Fsp3) is 0.462. The van der Waals surface area contributed by atoms with Gasteiger partial charge in [0.25, 0.3) is 0 Å². The quantitative estimate of drug-likeness (QED) is 0.812. The zero-order valence-electron chi connectivity index (χ0n) is 10.3. The number of aromatic nitrogens is 1. The van der Waals surface area contributed by atoms with Gasteiger partial charge >= 0.3 is 5.97 Å². The van der Waals surface area contributed by atoms with E-state index in [0.29, 0.717) is 17.9 Å². The lowest BCUT2D eigenvalue weighted by atomic mass is 10.1. The van der Waals surface area contributed by atoms with E-state index in [0.717, 1.165) is 25.0 Å². The Hall–Kier alpha value is -2.09. The van der Waals surface area contributed by atoms with Crippen LogP contribution in [0.2, 0.25) is 0 Å². The van der Waals surface area contributed by atoms with Gasteiger partial charge in [0.05, 0.1) is 19.1 Å². The predicted molar refractivity (Wildman–Crippen MR) is 66.1 cm³/mol. The number of hydrogen-bond acceptors (Lipinski definition) is 5. The number of methoxy groups -OCH3 is 1. The van der Waals surface area contributed by atoms with Gasteiger partial charge in [-0.05, 0) is 30.9 Å². The molecule has 0 fully saturated rings. The summed E-state index contributed by atoms with van der Waals surface area (Å²) in [6.45, 7) is 0.424. The third kappa shape index (κ3) is 2.59. The van der Waals surface area contributed by atoms with Crippen molar-refractivity contribution in [2.24, 2.45) is 0 Å². The lowest BCUT2D eigenvalue weighted by Crippen LogP contribution is -2.12. The first-order valence-corrected chi connectivity index (χ1v) is 5.98. The Balaban J connectivity index is 2.08. The van der Waals surface area contributed by atoms with Crippen molar-refractivity contribution in [2.75, 3.05) is 19.0 Å². The summed E-state index contributed by atoms with van der Waals surface area (Å²) in [5, 5.41) is 12.1. The molecule has 1 aromatic rings. The highest BCUT2D eigenvalue weighted by molar-refractivity contribution is 5.70. The molecule has 0 saturated carbocycles. The Morgan fingerprint density at radius 1 is 1.61 bits per heavy atom. The third-order valence-electron chi connectivity index (χ3n) is 3.02. The number of rotatable bonds is 4. The summed E-state index contributed by atoms with van der Waals surface area (Å²) in [6, 6.07) is 4.03. The average molecular weight is 245 g/mol. The number of carbonyl (C=O) groups is 1. The molecule has 0 aliphatic heterocycles. The van der Waals surface area contributed by atoms with Crippen LogP contribution < -0.4 is 5.32 Å². The molecule has 1 aliphatic carbocycles. The third-order valence-corrected chi connectivity index (χ3v) is 3.02. The first kappa shape index (κ1) is 12.4. The van der Waals surface area contributed by atoms with Crippen LogP contribution in [-0.2, 0) is 22.4 Å². The standard InChI is InChI=1S/C13H15N3O2/c1-18-12(17)5-6-15-13-10(8-14)7-9-3-2-4-11(9)16-13/h7H,2-6H2,1H3,(H,15,16). The average Bonchev–Trinajstić information content (AvgIpc) is 2.84. The fourth-order valence-corrected chi connectivity index (χ4v) is 2.08. The van der Waals surface area contributed by atoms with Crippen molar-refractivity contribution in [2.45, 2.75) is 25.7 Å². The van der Waals surface area contributed by atoms with Gasteiger partial charge in [-0.25, -0.2) is 4.98 Å². The van der Waals surface area contributed by atoms with E-state index in [1.54, 1.807) is 0 Å². The topological polar surface area (TPSA) is 75.0 Å². The van der Waals surface area contributed by atoms with E-state index >= 15 is 0 Å². The maximum absolute atomic E-state index is 11.0. The lowest BCUT2D eigenvalue weighted by Gasteiger charge is -2.09. The number of aryl methyl sites for hydroxylation is 2. The summed E-state index contributed by atoms with van der Waals surface area (Å²) >= 11 is 0. The number of nitriles is 1. The van der Waals surface area contributed by atoms with Crippen molar-refractivity contribution in [3.8, 4) is 6.07 Å². The molecular weight excluding hydrogens is 230 g/mol. The minimum atomic E-state index is -0.276. The molecule has 0 spiro atoms. The van der Waals surface area contributed by atoms with Crippen LogP contribution in [0.4, 0.5) is 5.82 Å². The molecule has 1 aliphatic rings. The Morgan fingerprint density at radius 2 is 2.44 bits per heavy atom. The Kier molecular flexibility index (Phi) is 3.78. The van der Waals surface area contributed by atoms with Crippen molar-refractivity contribution < 1.29 is 9.53 Å². The van der Waals surface area contributed by atoms with Crippen LogP contribution in [0, 0.1) is 11.3 Å². The molecule has 5 heteroatoms. The number of nitrogens with one attached hydrogen (secondary N) is 1. The van der Waals surface area contributed by atoms with Crippen LogP contribution in [0.25, 0.3) is 0 Å². The molecule has 1 N–H and O–H groups in total. The normalized spacial score (nSPS) is 12.7. The molecule has 0 bridgehead atoms. The van der Waals surface area contributed by atoms with Crippen LogP contribution in [0.1, 0.15) is 29.7 Å². The van der Waals surface area contributed by atoms with Crippen molar-refractivity contribution in [3.63, 3.8) is 0 Å². The molecular formula is C13H15N3O2. The molecule has 1 heterocycles. The number of anilines is 1. The number of fused-ring (bicyclic) bond motifs is 1. The molecule has 0 atom stereocenters. The molecule has 94 valence electrons. The van der Waals surface area contributed by atoms with Gasteiger partial charge in [-0.15, -0.1) is 0 Å². The first-order chi connectivity index (χ1) is 8.74. The summed E-state index contributed by atoms with van der Waals surface area (Å²) in [7, 11) is 1.36. The number of pyridine rings is 1. The van der Waals surface area contributed by atoms with Gasteiger partial charge in [0.15, 0.2) is 0 Å². The largest absolute Gasteiger partial charge is 0.469 e. The van der Waals surface area contributed by atoms with Crippen LogP contribution in [0.3, 0.4) is 0 Å². The fourth-order valence-electron chi connectivity index (χ4n) is 2.08. The minimum Gasteiger partial charge on any atom is -0.469 e. The first-order valence-electron chi connectivity index (χ1n) is 5.98. The molecule has 5 nitrogen and oxygen atoms in total. The summed E-state index contributed by atoms with van der Waals surface area (Å²) < 4.78 is 4.55. The smallest absolute Gasteiger partial charge is 0.307 e. The van der Waals surface area contributed by atoms with Crippen molar-refractivity contribution in [1.82, 2.24) is 4.98 Å². The number of hydrogen-bond donors (Lipinski definition) is 1. The van der Waals surface area contributed by atoms with Crippen LogP contribution in [0.5, 0.6) is 0 Å². The maximum Gasteiger partial charge on any atom is 0.307 e. The van der Waals surface area contributed by atoms with E-state index in [9.17, 15) is 4.79 Å². The second-order valence-corrected chi connectivity index (χ2v) is 4.21. The number of esters is 1. The highest BCUT2D eigenvalue weighted by Crippen LogP contribution is 2.24. The molecule has 2 rings (SSSR count). The highest BCUT2D eigenvalue weighted by Gasteiger charge is 2.16. The van der Waals surface area contributed by atoms with E-state index in [-0.39, 0.29) is 12.4 Å². The summed E-state index contributed by atoms with van der Waals surface area (Å²) in [4.78, 5) is 15.5. The summed E-state index contributed by atoms with van der Waals surface area (Å²) in [5.41, 5.74) is 2.78. The predicted octanol–water partition coefficient (Wildman–Crippen LogP) is 1.42. The van der Waals surface area contributed by atoms with E-state index in [4.69, 9.17) is 5.26 Å². The zero-order chi connectivity index (χ0) is 13.0. The van der Waals surface area contributed by atoms with Gasteiger partial charge in [-0.2, -0.15) is 5.26 Å². The van der Waals surface area contributed by atoms with E-state index in [1.807, 2.05) is 6.07 Å². The second-order valence-electron chi connectivity index (χ2n) is 4.21. The Morgan fingerprint density at radius 3 is 3.17 bits per heavy atom. The van der Waals surface area contributed by atoms with Gasteiger partial charge in [0.1, 0.15) is 11.9 Å². The van der Waals surface area contributed by atoms with Gasteiger partial charge in [-0.3, -0.25) is 4.79 Å².